The number of methoxy groups -OCH3 is 2. The largest absolute Gasteiger partial charge is 0.497 e. The minimum atomic E-state index is -0.389. The predicted molar refractivity (Wildman–Crippen MR) is 99.9 cm³/mol. The fourth-order valence-electron chi connectivity index (χ4n) is 3.17. The van der Waals surface area contributed by atoms with Gasteiger partial charge in [0.15, 0.2) is 0 Å². The second-order valence-corrected chi connectivity index (χ2v) is 6.18. The third kappa shape index (κ3) is 3.35. The first-order chi connectivity index (χ1) is 12.5. The predicted octanol–water partition coefficient (Wildman–Crippen LogP) is 2.72. The Morgan fingerprint density at radius 2 is 1.85 bits per heavy atom. The Hall–Kier alpha value is -3.02. The standard InChI is InChI=1S/C20H22N2O4/c1-21(15-7-5-4-6-8-15)20(24)14-11-19(23)22(13-14)17-10-9-16(25-2)12-18(17)26-3/h4-10,12,14H,11,13H2,1-3H3/t14-/m1/s1. The smallest absolute Gasteiger partial charge is 0.232 e. The maximum absolute atomic E-state index is 12.8. The summed E-state index contributed by atoms with van der Waals surface area (Å²) < 4.78 is 10.6. The van der Waals surface area contributed by atoms with Crippen LogP contribution in [0.3, 0.4) is 0 Å². The van der Waals surface area contributed by atoms with Crippen LogP contribution in [-0.2, 0) is 9.59 Å². The van der Waals surface area contributed by atoms with Crippen molar-refractivity contribution in [2.75, 3.05) is 37.6 Å². The van der Waals surface area contributed by atoms with Crippen molar-refractivity contribution in [2.24, 2.45) is 5.92 Å². The van der Waals surface area contributed by atoms with Gasteiger partial charge in [-0.2, -0.15) is 0 Å². The maximum Gasteiger partial charge on any atom is 0.232 e. The number of anilines is 2. The molecule has 6 heteroatoms. The molecular weight excluding hydrogens is 332 g/mol. The number of nitrogens with zero attached hydrogens (tertiary/aromatic N) is 2. The zero-order valence-electron chi connectivity index (χ0n) is 15.1. The average molecular weight is 354 g/mol. The topological polar surface area (TPSA) is 59.1 Å². The highest BCUT2D eigenvalue weighted by Crippen LogP contribution is 2.36. The summed E-state index contributed by atoms with van der Waals surface area (Å²) in [6.07, 6.45) is 0.186. The Morgan fingerprint density at radius 3 is 2.50 bits per heavy atom. The molecule has 0 saturated carbocycles. The summed E-state index contributed by atoms with van der Waals surface area (Å²) in [7, 11) is 4.85. The maximum atomic E-state index is 12.8. The summed E-state index contributed by atoms with van der Waals surface area (Å²) in [5.74, 6) is 0.642. The summed E-state index contributed by atoms with van der Waals surface area (Å²) in [6, 6.07) is 14.7. The van der Waals surface area contributed by atoms with Gasteiger partial charge >= 0.3 is 0 Å². The lowest BCUT2D eigenvalue weighted by Crippen LogP contribution is -2.34. The van der Waals surface area contributed by atoms with E-state index in [0.29, 0.717) is 23.7 Å². The summed E-state index contributed by atoms with van der Waals surface area (Å²) in [4.78, 5) is 28.6. The van der Waals surface area contributed by atoms with Gasteiger partial charge in [0.2, 0.25) is 11.8 Å². The van der Waals surface area contributed by atoms with Crippen LogP contribution in [0.2, 0.25) is 0 Å². The van der Waals surface area contributed by atoms with Gasteiger partial charge in [-0.05, 0) is 24.3 Å². The van der Waals surface area contributed by atoms with Crippen molar-refractivity contribution in [3.63, 3.8) is 0 Å². The molecule has 136 valence electrons. The lowest BCUT2D eigenvalue weighted by atomic mass is 10.1. The number of rotatable bonds is 5. The normalized spacial score (nSPS) is 16.5. The highest BCUT2D eigenvalue weighted by atomic mass is 16.5. The highest BCUT2D eigenvalue weighted by Gasteiger charge is 2.37. The van der Waals surface area contributed by atoms with Crippen LogP contribution in [0.4, 0.5) is 11.4 Å². The van der Waals surface area contributed by atoms with E-state index < -0.39 is 0 Å². The van der Waals surface area contributed by atoms with Gasteiger partial charge in [0.1, 0.15) is 11.5 Å². The molecule has 2 amide bonds. The highest BCUT2D eigenvalue weighted by molar-refractivity contribution is 6.04. The summed E-state index contributed by atoms with van der Waals surface area (Å²) in [5, 5.41) is 0. The fourth-order valence-corrected chi connectivity index (χ4v) is 3.17. The van der Waals surface area contributed by atoms with Crippen molar-refractivity contribution in [3.05, 3.63) is 48.5 Å². The van der Waals surface area contributed by atoms with E-state index in [1.807, 2.05) is 30.3 Å². The molecule has 2 aromatic rings. The van der Waals surface area contributed by atoms with Gasteiger partial charge in [-0.3, -0.25) is 9.59 Å². The number of amides is 2. The van der Waals surface area contributed by atoms with Crippen molar-refractivity contribution in [1.29, 1.82) is 0 Å². The molecule has 0 bridgehead atoms. The van der Waals surface area contributed by atoms with Crippen LogP contribution >= 0.6 is 0 Å². The second-order valence-electron chi connectivity index (χ2n) is 6.18. The number of ether oxygens (including phenoxy) is 2. The molecule has 3 rings (SSSR count). The van der Waals surface area contributed by atoms with E-state index in [-0.39, 0.29) is 24.2 Å². The number of hydrogen-bond donors (Lipinski definition) is 0. The zero-order valence-corrected chi connectivity index (χ0v) is 15.1. The van der Waals surface area contributed by atoms with Crippen LogP contribution in [0, 0.1) is 5.92 Å². The number of hydrogen-bond acceptors (Lipinski definition) is 4. The summed E-state index contributed by atoms with van der Waals surface area (Å²) >= 11 is 0. The average Bonchev–Trinajstić information content (AvgIpc) is 3.08. The summed E-state index contributed by atoms with van der Waals surface area (Å²) in [5.41, 5.74) is 1.46. The molecule has 0 N–H and O–H groups in total. The number of carbonyl (C=O) groups is 2. The molecule has 1 heterocycles. The molecule has 0 radical (unpaired) electrons. The van der Waals surface area contributed by atoms with Crippen LogP contribution in [0.25, 0.3) is 0 Å². The van der Waals surface area contributed by atoms with Crippen molar-refractivity contribution < 1.29 is 19.1 Å². The van der Waals surface area contributed by atoms with Gasteiger partial charge in [0, 0.05) is 31.8 Å². The molecule has 1 aliphatic rings. The lowest BCUT2D eigenvalue weighted by Gasteiger charge is -2.22. The molecule has 2 aromatic carbocycles. The van der Waals surface area contributed by atoms with E-state index in [4.69, 9.17) is 9.47 Å². The molecule has 0 aromatic heterocycles. The van der Waals surface area contributed by atoms with Gasteiger partial charge in [-0.1, -0.05) is 18.2 Å². The number of benzene rings is 2. The quantitative estimate of drug-likeness (QED) is 0.828. The van der Waals surface area contributed by atoms with Gasteiger partial charge < -0.3 is 19.3 Å². The van der Waals surface area contributed by atoms with Gasteiger partial charge in [0.25, 0.3) is 0 Å². The Bertz CT molecular complexity index is 807. The minimum absolute atomic E-state index is 0.0699. The molecule has 0 aliphatic carbocycles. The SMILES string of the molecule is COc1ccc(N2C[C@H](C(=O)N(C)c3ccccc3)CC2=O)c(OC)c1. The lowest BCUT2D eigenvalue weighted by molar-refractivity contribution is -0.124. The molecule has 0 spiro atoms. The third-order valence-electron chi connectivity index (χ3n) is 4.63. The number of carbonyl (C=O) groups excluding carboxylic acids is 2. The molecular formula is C20H22N2O4. The minimum Gasteiger partial charge on any atom is -0.497 e. The van der Waals surface area contributed by atoms with Crippen LogP contribution in [0.15, 0.2) is 48.5 Å². The zero-order chi connectivity index (χ0) is 18.7. The third-order valence-corrected chi connectivity index (χ3v) is 4.63. The Kier molecular flexibility index (Phi) is 5.11. The molecule has 1 aliphatic heterocycles. The first kappa shape index (κ1) is 17.8. The second kappa shape index (κ2) is 7.47. The van der Waals surface area contributed by atoms with E-state index in [2.05, 4.69) is 0 Å². The van der Waals surface area contributed by atoms with Gasteiger partial charge in [-0.15, -0.1) is 0 Å². The van der Waals surface area contributed by atoms with Crippen LogP contribution in [-0.4, -0.2) is 39.6 Å². The van der Waals surface area contributed by atoms with E-state index in [1.165, 1.54) is 0 Å². The van der Waals surface area contributed by atoms with E-state index >= 15 is 0 Å². The number of para-hydroxylation sites is 1. The Morgan fingerprint density at radius 1 is 1.12 bits per heavy atom. The first-order valence-electron chi connectivity index (χ1n) is 8.40. The van der Waals surface area contributed by atoms with Gasteiger partial charge in [-0.25, -0.2) is 0 Å². The molecule has 6 nitrogen and oxygen atoms in total. The van der Waals surface area contributed by atoms with Crippen molar-refractivity contribution in [3.8, 4) is 11.5 Å². The monoisotopic (exact) mass is 354 g/mol. The molecule has 1 fully saturated rings. The van der Waals surface area contributed by atoms with E-state index in [0.717, 1.165) is 5.69 Å². The van der Waals surface area contributed by atoms with Crippen molar-refractivity contribution in [1.82, 2.24) is 0 Å². The Balaban J connectivity index is 1.80. The van der Waals surface area contributed by atoms with Crippen LogP contribution < -0.4 is 19.3 Å². The van der Waals surface area contributed by atoms with E-state index in [1.54, 1.807) is 49.3 Å². The van der Waals surface area contributed by atoms with Gasteiger partial charge in [0.05, 0.1) is 25.8 Å². The molecule has 1 saturated heterocycles. The fraction of sp³-hybridized carbons (Fsp3) is 0.300. The first-order valence-corrected chi connectivity index (χ1v) is 8.40. The van der Waals surface area contributed by atoms with Crippen molar-refractivity contribution in [2.45, 2.75) is 6.42 Å². The summed E-state index contributed by atoms with van der Waals surface area (Å²) in [6.45, 7) is 0.331. The van der Waals surface area contributed by atoms with Crippen molar-refractivity contribution >= 4 is 23.2 Å². The van der Waals surface area contributed by atoms with Crippen LogP contribution in [0.5, 0.6) is 11.5 Å². The van der Waals surface area contributed by atoms with Crippen LogP contribution in [0.1, 0.15) is 6.42 Å². The Labute approximate surface area is 152 Å². The van der Waals surface area contributed by atoms with E-state index in [9.17, 15) is 9.59 Å². The molecule has 1 atom stereocenters. The molecule has 0 unspecified atom stereocenters. The molecule has 26 heavy (non-hydrogen) atoms.